The Labute approximate surface area is 785 Å². The number of H-pyrrole nitrogens is 2. The number of nitrogens with two attached hydrogens (primary N) is 5. The van der Waals surface area contributed by atoms with Gasteiger partial charge in [0.2, 0.25) is 106 Å². The minimum Gasteiger partial charge on any atom is -0.508 e. The number of aromatic hydroxyl groups is 1. The molecule has 1 aliphatic heterocycles. The van der Waals surface area contributed by atoms with E-state index in [9.17, 15) is 97.1 Å². The number of amides is 18. The molecule has 47 heteroatoms. The van der Waals surface area contributed by atoms with Crippen LogP contribution in [0.4, 0.5) is 0 Å². The molecule has 45 nitrogen and oxygen atoms in total. The van der Waals surface area contributed by atoms with E-state index in [2.05, 4.69) is 104 Å². The number of phenolic OH excluding ortho intramolecular Hbond substituents is 1. The molecule has 18 amide bonds. The topological polar surface area (TPSA) is 744 Å². The molecule has 1 aliphatic rings. The molecule has 1 saturated heterocycles. The number of nitrogens with one attached hydrogen (secondary N) is 15. The second kappa shape index (κ2) is 51.7. The fourth-order valence-corrected chi connectivity index (χ4v) is 15.4. The van der Waals surface area contributed by atoms with E-state index in [1.807, 2.05) is 0 Å². The summed E-state index contributed by atoms with van der Waals surface area (Å²) in [6.45, 7) is 7.64. The standard InChI is InChI=1S/C88H117N21O24S2/c1-42(2)28-63(87(131)109-27-13-20-67(109)85(129)108-73(44(5)110)86(130)107-66(41-135)84(128)103-62(37-72(116)117)82(126)101-61(36-71(93)115)81(125)105-64(88(132)133)29-43(3)4)104-75(119)55(25-26-68(90)112)96-78(122)58(32-47-38-94-53-18-11-9-16-50(47)53)99-77(121)57(30-45-14-7-6-8-15-45)98-80(124)60(35-70(92)114)102-83(127)65(40-134)106-79(123)59(33-48-39-95-54-19-12-10-17-51(48)54)100-76(120)56(31-46-21-23-49(111)24-22-46)97-74(118)52(89)34-69(91)113/h6-12,14-19,21-24,38-39,42-44,52,55-67,73,94-95,110-111,134-135H,13,20,25-37,40-41,89H2,1-5H3,(H2,90,112)(H2,91,113)(H2,92,114)(H2,93,115)(H,96,122)(H,97,118)(H,98,124)(H,99,121)(H,100,120)(H,101,126)(H,102,127)(H,103,128)(H,104,119)(H,105,125)(H,106,123)(H,107,130)(H,108,129)(H,116,117)(H,132,133)/t44-,52+,55+,56+,57+,58+,59+,60+,61+,62+,63+,64+,65+,66+,67+,73+/m1/s1. The zero-order chi connectivity index (χ0) is 99.8. The van der Waals surface area contributed by atoms with Gasteiger partial charge < -0.3 is 133 Å². The number of para-hydroxylation sites is 2. The van der Waals surface area contributed by atoms with Crippen LogP contribution in [0.2, 0.25) is 0 Å². The van der Waals surface area contributed by atoms with Crippen molar-refractivity contribution < 1.29 is 116 Å². The molecule has 7 rings (SSSR count). The van der Waals surface area contributed by atoms with E-state index in [1.54, 1.807) is 119 Å². The van der Waals surface area contributed by atoms with Gasteiger partial charge in [-0.1, -0.05) is 107 Å². The first-order valence-electron chi connectivity index (χ1n) is 43.2. The summed E-state index contributed by atoms with van der Waals surface area (Å²) in [5.41, 5.74) is 30.9. The highest BCUT2D eigenvalue weighted by Gasteiger charge is 2.44. The first-order valence-corrected chi connectivity index (χ1v) is 44.5. The summed E-state index contributed by atoms with van der Waals surface area (Å²) < 4.78 is 0. The third-order valence-electron chi connectivity index (χ3n) is 21.7. The van der Waals surface area contributed by atoms with Crippen molar-refractivity contribution in [2.24, 2.45) is 40.5 Å². The van der Waals surface area contributed by atoms with Crippen LogP contribution in [0.25, 0.3) is 21.8 Å². The van der Waals surface area contributed by atoms with Crippen LogP contribution in [0.15, 0.2) is 116 Å². The van der Waals surface area contributed by atoms with Crippen LogP contribution in [0.5, 0.6) is 5.75 Å². The summed E-state index contributed by atoms with van der Waals surface area (Å²) in [5.74, 6) is -24.8. The number of carboxylic acid groups (broad SMARTS) is 2. The molecular formula is C88H117N21O24S2. The zero-order valence-electron chi connectivity index (χ0n) is 74.6. The highest BCUT2D eigenvalue weighted by atomic mass is 32.1. The SMILES string of the molecule is CC(C)C[C@H](NC(=O)[C@H](CC(N)=O)NC(=O)[C@H](CC(=O)O)NC(=O)[C@H](CS)NC(=O)[C@@H](NC(=O)[C@@H]1CCCN1C(=O)[C@H](CC(C)C)NC(=O)[C@H](CCC(N)=O)NC(=O)[C@H](Cc1c[nH]c2ccccc12)NC(=O)[C@H](Cc1ccccc1)NC(=O)[C@H](CC(N)=O)NC(=O)[C@H](CS)NC(=O)[C@H](Cc1c[nH]c2ccccc12)NC(=O)[C@H](Cc1ccc(O)cc1)NC(=O)[C@@H](N)CC(N)=O)[C@@H](C)O)C(=O)O. The van der Waals surface area contributed by atoms with Gasteiger partial charge in [-0.2, -0.15) is 25.3 Å². The lowest BCUT2D eigenvalue weighted by atomic mass is 10.00. The quantitative estimate of drug-likeness (QED) is 0.0159. The molecule has 16 atom stereocenters. The summed E-state index contributed by atoms with van der Waals surface area (Å²) in [6.07, 6.45) is -4.80. The smallest absolute Gasteiger partial charge is 0.326 e. The van der Waals surface area contributed by atoms with Crippen molar-refractivity contribution in [3.05, 3.63) is 138 Å². The molecule has 135 heavy (non-hydrogen) atoms. The summed E-state index contributed by atoms with van der Waals surface area (Å²) in [6, 6.07) is 1.79. The molecule has 2 aromatic heterocycles. The van der Waals surface area contributed by atoms with Gasteiger partial charge in [0.1, 0.15) is 90.3 Å². The summed E-state index contributed by atoms with van der Waals surface area (Å²) in [7, 11) is 0. The fourth-order valence-electron chi connectivity index (χ4n) is 14.9. The number of primary amides is 4. The summed E-state index contributed by atoms with van der Waals surface area (Å²) >= 11 is 8.49. The average molecular weight is 1920 g/mol. The van der Waals surface area contributed by atoms with E-state index < -0.39 is 271 Å². The Morgan fingerprint density at radius 1 is 0.407 bits per heavy atom. The van der Waals surface area contributed by atoms with Crippen LogP contribution in [-0.4, -0.2) is 268 Å². The van der Waals surface area contributed by atoms with Crippen LogP contribution < -0.4 is 97.8 Å². The van der Waals surface area contributed by atoms with Gasteiger partial charge in [-0.3, -0.25) is 91.1 Å². The number of hydrogen-bond donors (Lipinski definition) is 26. The number of rotatable bonds is 54. The molecule has 1 fully saturated rings. The van der Waals surface area contributed by atoms with E-state index in [0.29, 0.717) is 44.1 Å². The number of aliphatic hydroxyl groups excluding tert-OH is 1. The monoisotopic (exact) mass is 1920 g/mol. The van der Waals surface area contributed by atoms with Crippen LogP contribution in [-0.2, 0) is 122 Å². The van der Waals surface area contributed by atoms with Crippen LogP contribution in [0.3, 0.4) is 0 Å². The number of hydrogen-bond acceptors (Lipinski definition) is 25. The molecule has 3 heterocycles. The van der Waals surface area contributed by atoms with Crippen molar-refractivity contribution in [3.63, 3.8) is 0 Å². The molecule has 0 bridgehead atoms. The molecule has 0 radical (unpaired) electrons. The Kier molecular flexibility index (Phi) is 41.3. The van der Waals surface area contributed by atoms with Gasteiger partial charge in [0.25, 0.3) is 0 Å². The predicted molar refractivity (Wildman–Crippen MR) is 492 cm³/mol. The summed E-state index contributed by atoms with van der Waals surface area (Å²) in [5, 5.41) is 73.4. The molecular weight excluding hydrogens is 1800 g/mol. The van der Waals surface area contributed by atoms with E-state index in [0.717, 1.165) is 11.8 Å². The van der Waals surface area contributed by atoms with Crippen LogP contribution in [0.1, 0.15) is 121 Å². The molecule has 0 saturated carbocycles. The average Bonchev–Trinajstić information content (AvgIpc) is 1.70. The van der Waals surface area contributed by atoms with Gasteiger partial charge in [0.05, 0.1) is 37.8 Å². The lowest BCUT2D eigenvalue weighted by Crippen LogP contribution is -2.62. The second-order valence-electron chi connectivity index (χ2n) is 33.5. The van der Waals surface area contributed by atoms with Crippen molar-refractivity contribution >= 4 is 165 Å². The number of phenols is 1. The predicted octanol–water partition coefficient (Wildman–Crippen LogP) is -4.97. The van der Waals surface area contributed by atoms with Crippen LogP contribution in [0, 0.1) is 11.8 Å². The molecule has 730 valence electrons. The number of nitrogens with zero attached hydrogens (tertiary/aromatic N) is 1. The number of carbonyl (C=O) groups excluding carboxylic acids is 18. The Morgan fingerprint density at radius 2 is 0.770 bits per heavy atom. The molecule has 6 aromatic rings. The zero-order valence-corrected chi connectivity index (χ0v) is 76.4. The molecule has 0 spiro atoms. The number of likely N-dealkylation sites (tertiary alicyclic amines) is 1. The van der Waals surface area contributed by atoms with Crippen molar-refractivity contribution in [1.82, 2.24) is 84.0 Å². The largest absolute Gasteiger partial charge is 0.508 e. The van der Waals surface area contributed by atoms with E-state index in [4.69, 9.17) is 28.7 Å². The highest BCUT2D eigenvalue weighted by molar-refractivity contribution is 7.80. The third-order valence-corrected chi connectivity index (χ3v) is 22.5. The van der Waals surface area contributed by atoms with E-state index in [-0.39, 0.29) is 69.6 Å². The van der Waals surface area contributed by atoms with Gasteiger partial charge in [-0.05, 0) is 97.4 Å². The van der Waals surface area contributed by atoms with E-state index >= 15 is 19.2 Å². The number of aliphatic hydroxyl groups is 1. The highest BCUT2D eigenvalue weighted by Crippen LogP contribution is 2.25. The number of aromatic amines is 2. The number of benzene rings is 4. The maximum absolute atomic E-state index is 15.3. The molecule has 0 aliphatic carbocycles. The van der Waals surface area contributed by atoms with Crippen molar-refractivity contribution in [2.45, 2.75) is 221 Å². The molecule has 29 N–H and O–H groups in total. The maximum Gasteiger partial charge on any atom is 0.326 e. The normalized spacial score (nSPS) is 15.7. The fraction of sp³-hybridized carbons (Fsp3) is 0.455. The van der Waals surface area contributed by atoms with Gasteiger partial charge in [0.15, 0.2) is 0 Å². The number of aliphatic carboxylic acids is 2. The van der Waals surface area contributed by atoms with Gasteiger partial charge >= 0.3 is 11.9 Å². The lowest BCUT2D eigenvalue weighted by molar-refractivity contribution is -0.144. The van der Waals surface area contributed by atoms with E-state index in [1.165, 1.54) is 24.3 Å². The maximum atomic E-state index is 15.3. The summed E-state index contributed by atoms with van der Waals surface area (Å²) in [4.78, 5) is 283. The third kappa shape index (κ3) is 33.5. The Bertz CT molecular complexity index is 5290. The van der Waals surface area contributed by atoms with Gasteiger partial charge in [-0.15, -0.1) is 0 Å². The van der Waals surface area contributed by atoms with Crippen molar-refractivity contribution in [3.8, 4) is 5.75 Å². The number of carboxylic acids is 2. The Balaban J connectivity index is 1.11. The Hall–Kier alpha value is -14.2. The number of aromatic nitrogens is 2. The second-order valence-corrected chi connectivity index (χ2v) is 34.3. The number of carbonyl (C=O) groups is 20. The van der Waals surface area contributed by atoms with Gasteiger partial charge in [0, 0.05) is 84.4 Å². The molecule has 4 aromatic carbocycles. The molecule has 0 unspecified atom stereocenters. The number of thiol groups is 2. The number of fused-ring (bicyclic) bond motifs is 2. The lowest BCUT2D eigenvalue weighted by Gasteiger charge is -2.32. The van der Waals surface area contributed by atoms with Crippen molar-refractivity contribution in [1.29, 1.82) is 0 Å². The van der Waals surface area contributed by atoms with Crippen molar-refractivity contribution in [2.75, 3.05) is 18.1 Å². The minimum atomic E-state index is -2.06. The first-order chi connectivity index (χ1) is 63.8. The van der Waals surface area contributed by atoms with Gasteiger partial charge in [-0.25, -0.2) is 4.79 Å². The Morgan fingerprint density at radius 3 is 1.20 bits per heavy atom. The minimum absolute atomic E-state index is 0.0668. The first kappa shape index (κ1) is 108. The van der Waals surface area contributed by atoms with Crippen LogP contribution >= 0.6 is 25.3 Å².